The maximum atomic E-state index is 11.6. The van der Waals surface area contributed by atoms with Crippen molar-refractivity contribution in [2.75, 3.05) is 0 Å². The number of carbonyl (C=O) groups excluding carboxylic acids is 1. The van der Waals surface area contributed by atoms with Crippen molar-refractivity contribution < 1.29 is 4.79 Å². The van der Waals surface area contributed by atoms with E-state index in [9.17, 15) is 4.79 Å². The summed E-state index contributed by atoms with van der Waals surface area (Å²) in [6.07, 6.45) is 2.79. The van der Waals surface area contributed by atoms with Crippen LogP contribution in [0.5, 0.6) is 0 Å². The second kappa shape index (κ2) is 2.21. The van der Waals surface area contributed by atoms with Gasteiger partial charge in [0.2, 0.25) is 0 Å². The van der Waals surface area contributed by atoms with Crippen LogP contribution in [0.15, 0.2) is 12.2 Å². The van der Waals surface area contributed by atoms with Gasteiger partial charge in [0.05, 0.1) is 0 Å². The molecule has 1 nitrogen and oxygen atoms in total. The molecule has 0 radical (unpaired) electrons. The third-order valence-corrected chi connectivity index (χ3v) is 3.82. The summed E-state index contributed by atoms with van der Waals surface area (Å²) in [6, 6.07) is 0. The van der Waals surface area contributed by atoms with Crippen molar-refractivity contribution in [3.63, 3.8) is 0 Å². The molecule has 0 aromatic heterocycles. The van der Waals surface area contributed by atoms with Crippen LogP contribution in [0.25, 0.3) is 0 Å². The highest BCUT2D eigenvalue weighted by atomic mass is 16.1. The molecule has 66 valence electrons. The number of hydrogen-bond acceptors (Lipinski definition) is 1. The Balaban J connectivity index is 2.40. The van der Waals surface area contributed by atoms with Gasteiger partial charge in [0.25, 0.3) is 0 Å². The summed E-state index contributed by atoms with van der Waals surface area (Å²) in [5, 5.41) is 0. The van der Waals surface area contributed by atoms with Crippen LogP contribution in [0.2, 0.25) is 0 Å². The molecular weight excluding hydrogens is 148 g/mol. The lowest BCUT2D eigenvalue weighted by Gasteiger charge is -2.36. The van der Waals surface area contributed by atoms with E-state index in [1.165, 1.54) is 5.57 Å². The molecule has 2 aliphatic rings. The van der Waals surface area contributed by atoms with Gasteiger partial charge in [0.15, 0.2) is 0 Å². The highest BCUT2D eigenvalue weighted by molar-refractivity contribution is 5.84. The van der Waals surface area contributed by atoms with Gasteiger partial charge in [0.1, 0.15) is 5.78 Å². The summed E-state index contributed by atoms with van der Waals surface area (Å²) in [4.78, 5) is 11.6. The quantitative estimate of drug-likeness (QED) is 0.503. The number of allylic oxidation sites excluding steroid dienone is 1. The highest BCUT2D eigenvalue weighted by Gasteiger charge is 2.50. The summed E-state index contributed by atoms with van der Waals surface area (Å²) in [5.74, 6) is 1.36. The number of fused-ring (bicyclic) bond motifs is 2. The summed E-state index contributed by atoms with van der Waals surface area (Å²) in [7, 11) is 0. The van der Waals surface area contributed by atoms with E-state index in [1.807, 2.05) is 0 Å². The summed E-state index contributed by atoms with van der Waals surface area (Å²) >= 11 is 0. The first-order valence-electron chi connectivity index (χ1n) is 4.74. The predicted molar refractivity (Wildman–Crippen MR) is 48.8 cm³/mol. The van der Waals surface area contributed by atoms with E-state index in [0.717, 1.165) is 19.3 Å². The first-order valence-corrected chi connectivity index (χ1v) is 4.74. The zero-order valence-corrected chi connectivity index (χ0v) is 7.89. The zero-order chi connectivity index (χ0) is 8.93. The Kier molecular flexibility index (Phi) is 1.48. The lowest BCUT2D eigenvalue weighted by Crippen LogP contribution is -2.35. The molecule has 0 amide bonds. The van der Waals surface area contributed by atoms with E-state index >= 15 is 0 Å². The normalized spacial score (nSPS) is 38.8. The molecule has 0 spiro atoms. The molecule has 0 heterocycles. The molecule has 0 aromatic rings. The fraction of sp³-hybridized carbons (Fsp3) is 0.727. The zero-order valence-electron chi connectivity index (χ0n) is 7.89. The molecule has 1 heteroatoms. The van der Waals surface area contributed by atoms with Crippen molar-refractivity contribution >= 4 is 5.78 Å². The Hall–Kier alpha value is -0.590. The van der Waals surface area contributed by atoms with E-state index in [2.05, 4.69) is 20.4 Å². The van der Waals surface area contributed by atoms with Crippen molar-refractivity contribution in [2.45, 2.75) is 33.1 Å². The molecule has 2 unspecified atom stereocenters. The van der Waals surface area contributed by atoms with E-state index in [0.29, 0.717) is 11.7 Å². The third-order valence-electron chi connectivity index (χ3n) is 3.82. The van der Waals surface area contributed by atoms with Crippen LogP contribution in [0.3, 0.4) is 0 Å². The minimum atomic E-state index is 0.201. The Morgan fingerprint density at radius 3 is 2.67 bits per heavy atom. The molecule has 0 aromatic carbocycles. The van der Waals surface area contributed by atoms with Gasteiger partial charge in [-0.1, -0.05) is 26.0 Å². The maximum Gasteiger partial charge on any atom is 0.136 e. The fourth-order valence-corrected chi connectivity index (χ4v) is 3.00. The Morgan fingerprint density at radius 1 is 1.42 bits per heavy atom. The van der Waals surface area contributed by atoms with E-state index in [4.69, 9.17) is 0 Å². The van der Waals surface area contributed by atoms with Gasteiger partial charge >= 0.3 is 0 Å². The number of carbonyl (C=O) groups is 1. The molecule has 2 saturated carbocycles. The second-order valence-electron chi connectivity index (χ2n) is 4.79. The van der Waals surface area contributed by atoms with E-state index in [1.54, 1.807) is 0 Å². The van der Waals surface area contributed by atoms with Crippen molar-refractivity contribution in [2.24, 2.45) is 17.3 Å². The fourth-order valence-electron chi connectivity index (χ4n) is 3.00. The van der Waals surface area contributed by atoms with Gasteiger partial charge < -0.3 is 0 Å². The molecular formula is C11H16O. The number of Topliss-reactive ketones (excluding diaryl/α,β-unsaturated/α-hetero) is 1. The van der Waals surface area contributed by atoms with Crippen LogP contribution >= 0.6 is 0 Å². The smallest absolute Gasteiger partial charge is 0.136 e. The first kappa shape index (κ1) is 8.03. The summed E-state index contributed by atoms with van der Waals surface area (Å²) < 4.78 is 0. The summed E-state index contributed by atoms with van der Waals surface area (Å²) in [5.41, 5.74) is 1.52. The number of rotatable bonds is 0. The molecule has 2 rings (SSSR count). The molecule has 0 aliphatic heterocycles. The third kappa shape index (κ3) is 0.825. The van der Waals surface area contributed by atoms with E-state index < -0.39 is 0 Å². The molecule has 2 fully saturated rings. The summed E-state index contributed by atoms with van der Waals surface area (Å²) in [6.45, 7) is 8.51. The first-order chi connectivity index (χ1) is 5.53. The minimum absolute atomic E-state index is 0.201. The maximum absolute atomic E-state index is 11.6. The van der Waals surface area contributed by atoms with Crippen molar-refractivity contribution in [1.82, 2.24) is 0 Å². The Morgan fingerprint density at radius 2 is 2.08 bits per heavy atom. The van der Waals surface area contributed by atoms with Gasteiger partial charge in [0, 0.05) is 12.3 Å². The predicted octanol–water partition coefficient (Wildman–Crippen LogP) is 2.57. The SMILES string of the molecule is C=C1CC2C(=O)CCC1C2(C)C. The lowest BCUT2D eigenvalue weighted by molar-refractivity contribution is -0.128. The van der Waals surface area contributed by atoms with Crippen LogP contribution in [0.4, 0.5) is 0 Å². The average molecular weight is 164 g/mol. The molecule has 0 N–H and O–H groups in total. The molecule has 2 atom stereocenters. The Labute approximate surface area is 73.8 Å². The van der Waals surface area contributed by atoms with Crippen LogP contribution in [0.1, 0.15) is 33.1 Å². The molecule has 2 aliphatic carbocycles. The highest BCUT2D eigenvalue weighted by Crippen LogP contribution is 2.55. The topological polar surface area (TPSA) is 17.1 Å². The number of ketones is 1. The van der Waals surface area contributed by atoms with Crippen LogP contribution in [-0.4, -0.2) is 5.78 Å². The van der Waals surface area contributed by atoms with E-state index in [-0.39, 0.29) is 11.3 Å². The molecule has 0 saturated heterocycles. The van der Waals surface area contributed by atoms with Crippen LogP contribution in [-0.2, 0) is 4.79 Å². The largest absolute Gasteiger partial charge is 0.299 e. The average Bonchev–Trinajstić information content (AvgIpc) is 2.14. The minimum Gasteiger partial charge on any atom is -0.299 e. The van der Waals surface area contributed by atoms with Crippen LogP contribution < -0.4 is 0 Å². The molecule has 12 heavy (non-hydrogen) atoms. The van der Waals surface area contributed by atoms with Gasteiger partial charge in [-0.3, -0.25) is 4.79 Å². The second-order valence-corrected chi connectivity index (χ2v) is 4.79. The molecule has 2 bridgehead atoms. The lowest BCUT2D eigenvalue weighted by atomic mass is 9.67. The monoisotopic (exact) mass is 164 g/mol. The van der Waals surface area contributed by atoms with Gasteiger partial charge in [-0.2, -0.15) is 0 Å². The number of hydrogen-bond donors (Lipinski definition) is 0. The van der Waals surface area contributed by atoms with Crippen molar-refractivity contribution in [3.8, 4) is 0 Å². The van der Waals surface area contributed by atoms with Crippen molar-refractivity contribution in [3.05, 3.63) is 12.2 Å². The Bertz CT molecular complexity index is 248. The standard InChI is InChI=1S/C11H16O/c1-7-6-9-10(12)5-4-8(7)11(9,2)3/h8-9H,1,4-6H2,2-3H3. The van der Waals surface area contributed by atoms with Crippen LogP contribution in [0, 0.1) is 17.3 Å². The van der Waals surface area contributed by atoms with Gasteiger partial charge in [-0.05, 0) is 24.2 Å². The van der Waals surface area contributed by atoms with Gasteiger partial charge in [-0.15, -0.1) is 0 Å². The van der Waals surface area contributed by atoms with Crippen molar-refractivity contribution in [1.29, 1.82) is 0 Å². The van der Waals surface area contributed by atoms with Gasteiger partial charge in [-0.25, -0.2) is 0 Å².